The second kappa shape index (κ2) is 3.59. The molecule has 0 aliphatic heterocycles. The molecule has 0 atom stereocenters. The van der Waals surface area contributed by atoms with E-state index in [9.17, 15) is 4.79 Å². The quantitative estimate of drug-likeness (QED) is 0.757. The van der Waals surface area contributed by atoms with Crippen LogP contribution >= 0.6 is 11.5 Å². The maximum atomic E-state index is 11.1. The Balaban J connectivity index is 2.31. The van der Waals surface area contributed by atoms with Crippen molar-refractivity contribution < 1.29 is 9.53 Å². The lowest BCUT2D eigenvalue weighted by Gasteiger charge is -1.92. The molecule has 0 aromatic carbocycles. The summed E-state index contributed by atoms with van der Waals surface area (Å²) in [6, 6.07) is 1.82. The van der Waals surface area contributed by atoms with Crippen LogP contribution < -0.4 is 0 Å². The summed E-state index contributed by atoms with van der Waals surface area (Å²) in [5.41, 5.74) is 0.343. The molecule has 0 amide bonds. The number of nitrogens with one attached hydrogen (secondary N) is 1. The molecule has 2 heterocycles. The van der Waals surface area contributed by atoms with Gasteiger partial charge in [-0.25, -0.2) is 14.2 Å². The molecule has 0 radical (unpaired) electrons. The molecular formula is C8H7N3O2S. The molecule has 0 aliphatic rings. The monoisotopic (exact) mass is 209 g/mol. The number of carbonyl (C=O) groups is 1. The highest BCUT2D eigenvalue weighted by Crippen LogP contribution is 2.18. The molecule has 0 bridgehead atoms. The van der Waals surface area contributed by atoms with Crippen LogP contribution in [-0.4, -0.2) is 27.4 Å². The highest BCUT2D eigenvalue weighted by molar-refractivity contribution is 7.09. The summed E-state index contributed by atoms with van der Waals surface area (Å²) in [4.78, 5) is 18.9. The Hall–Kier alpha value is -1.69. The van der Waals surface area contributed by atoms with Gasteiger partial charge in [-0.15, -0.1) is 0 Å². The molecule has 2 aromatic heterocycles. The molecule has 14 heavy (non-hydrogen) atoms. The number of ether oxygens (including phenoxy) is 1. The van der Waals surface area contributed by atoms with Crippen LogP contribution in [0, 0.1) is 0 Å². The van der Waals surface area contributed by atoms with Gasteiger partial charge in [-0.2, -0.15) is 0 Å². The summed E-state index contributed by atoms with van der Waals surface area (Å²) < 4.78 is 8.48. The molecule has 72 valence electrons. The fourth-order valence-electron chi connectivity index (χ4n) is 0.998. The number of hydrogen-bond acceptors (Lipinski definition) is 5. The topological polar surface area (TPSA) is 67.9 Å². The van der Waals surface area contributed by atoms with E-state index in [1.54, 1.807) is 6.20 Å². The van der Waals surface area contributed by atoms with Gasteiger partial charge in [-0.1, -0.05) is 0 Å². The van der Waals surface area contributed by atoms with E-state index in [1.807, 2.05) is 6.07 Å². The molecule has 2 aromatic rings. The van der Waals surface area contributed by atoms with Gasteiger partial charge in [0, 0.05) is 6.20 Å². The summed E-state index contributed by atoms with van der Waals surface area (Å²) in [5.74, 6) is 0.209. The van der Waals surface area contributed by atoms with Crippen molar-refractivity contribution in [2.24, 2.45) is 0 Å². The lowest BCUT2D eigenvalue weighted by molar-refractivity contribution is 0.0595. The van der Waals surface area contributed by atoms with E-state index in [1.165, 1.54) is 24.8 Å². The van der Waals surface area contributed by atoms with E-state index in [0.717, 1.165) is 4.88 Å². The Bertz CT molecular complexity index is 435. The lowest BCUT2D eigenvalue weighted by atomic mass is 10.5. The number of nitrogens with zero attached hydrogens (tertiary/aromatic N) is 2. The number of H-pyrrole nitrogens is 1. The predicted octanol–water partition coefficient (Wildman–Crippen LogP) is 1.32. The largest absolute Gasteiger partial charge is 0.464 e. The van der Waals surface area contributed by atoms with Crippen molar-refractivity contribution in [3.63, 3.8) is 0 Å². The third-order valence-corrected chi connectivity index (χ3v) is 2.41. The maximum Gasteiger partial charge on any atom is 0.356 e. The molecular weight excluding hydrogens is 202 g/mol. The van der Waals surface area contributed by atoms with Gasteiger partial charge in [0.15, 0.2) is 0 Å². The first-order chi connectivity index (χ1) is 6.81. The first-order valence-corrected chi connectivity index (χ1v) is 4.63. The Labute approximate surface area is 83.9 Å². The van der Waals surface area contributed by atoms with Crippen LogP contribution in [0.5, 0.6) is 0 Å². The number of rotatable bonds is 2. The smallest absolute Gasteiger partial charge is 0.356 e. The molecule has 0 unspecified atom stereocenters. The number of aromatic amines is 1. The van der Waals surface area contributed by atoms with Crippen LogP contribution in [0.15, 0.2) is 18.5 Å². The summed E-state index contributed by atoms with van der Waals surface area (Å²) in [6.45, 7) is 0. The maximum absolute atomic E-state index is 11.1. The highest BCUT2D eigenvalue weighted by Gasteiger charge is 2.10. The average molecular weight is 209 g/mol. The third kappa shape index (κ3) is 1.51. The molecule has 1 N–H and O–H groups in total. The average Bonchev–Trinajstić information content (AvgIpc) is 2.86. The van der Waals surface area contributed by atoms with E-state index in [2.05, 4.69) is 19.1 Å². The van der Waals surface area contributed by atoms with Crippen molar-refractivity contribution in [1.82, 2.24) is 14.3 Å². The number of imidazole rings is 1. The van der Waals surface area contributed by atoms with Crippen LogP contribution in [0.1, 0.15) is 10.5 Å². The van der Waals surface area contributed by atoms with Crippen LogP contribution in [0.3, 0.4) is 0 Å². The van der Waals surface area contributed by atoms with Crippen molar-refractivity contribution in [2.75, 3.05) is 7.11 Å². The molecule has 0 saturated carbocycles. The van der Waals surface area contributed by atoms with E-state index in [0.29, 0.717) is 11.5 Å². The summed E-state index contributed by atoms with van der Waals surface area (Å²) >= 11 is 1.31. The molecule has 0 aliphatic carbocycles. The van der Waals surface area contributed by atoms with Crippen molar-refractivity contribution in [3.05, 3.63) is 24.2 Å². The van der Waals surface area contributed by atoms with Crippen molar-refractivity contribution in [2.45, 2.75) is 0 Å². The first-order valence-electron chi connectivity index (χ1n) is 3.85. The number of esters is 1. The van der Waals surface area contributed by atoms with Crippen LogP contribution in [-0.2, 0) is 4.74 Å². The van der Waals surface area contributed by atoms with E-state index in [4.69, 9.17) is 0 Å². The van der Waals surface area contributed by atoms with Gasteiger partial charge in [0.25, 0.3) is 0 Å². The zero-order valence-corrected chi connectivity index (χ0v) is 8.17. The van der Waals surface area contributed by atoms with Crippen LogP contribution in [0.4, 0.5) is 0 Å². The second-order valence-electron chi connectivity index (χ2n) is 2.51. The van der Waals surface area contributed by atoms with E-state index in [-0.39, 0.29) is 0 Å². The third-order valence-electron chi connectivity index (χ3n) is 1.65. The standard InChI is InChI=1S/C8H7N3O2S/c1-13-8(12)5-4-9-7(11-5)6-2-3-10-14-6/h2-4H,1H3,(H,9,11). The fourth-order valence-corrected chi connectivity index (χ4v) is 1.55. The van der Waals surface area contributed by atoms with E-state index < -0.39 is 5.97 Å². The van der Waals surface area contributed by atoms with Crippen molar-refractivity contribution in [1.29, 1.82) is 0 Å². The van der Waals surface area contributed by atoms with Gasteiger partial charge >= 0.3 is 5.97 Å². The SMILES string of the molecule is COC(=O)c1cnc(-c2ccns2)[nH]1. The Morgan fingerprint density at radius 2 is 2.50 bits per heavy atom. The molecule has 0 fully saturated rings. The highest BCUT2D eigenvalue weighted by atomic mass is 32.1. The second-order valence-corrected chi connectivity index (χ2v) is 3.35. The van der Waals surface area contributed by atoms with Gasteiger partial charge in [0.05, 0.1) is 18.2 Å². The molecule has 0 saturated heterocycles. The lowest BCUT2D eigenvalue weighted by Crippen LogP contribution is -2.00. The van der Waals surface area contributed by atoms with Gasteiger partial charge in [0.1, 0.15) is 11.5 Å². The normalized spacial score (nSPS) is 10.1. The number of methoxy groups -OCH3 is 1. The Morgan fingerprint density at radius 1 is 1.64 bits per heavy atom. The summed E-state index contributed by atoms with van der Waals surface area (Å²) in [5, 5.41) is 0. The van der Waals surface area contributed by atoms with Crippen molar-refractivity contribution >= 4 is 17.5 Å². The number of carbonyl (C=O) groups excluding carboxylic acids is 1. The number of hydrogen-bond donors (Lipinski definition) is 1. The number of aromatic nitrogens is 3. The van der Waals surface area contributed by atoms with Gasteiger partial charge in [-0.05, 0) is 17.6 Å². The van der Waals surface area contributed by atoms with Crippen LogP contribution in [0.2, 0.25) is 0 Å². The fraction of sp³-hybridized carbons (Fsp3) is 0.125. The van der Waals surface area contributed by atoms with Crippen molar-refractivity contribution in [3.8, 4) is 10.7 Å². The summed E-state index contributed by atoms with van der Waals surface area (Å²) in [6.07, 6.45) is 3.13. The zero-order valence-electron chi connectivity index (χ0n) is 7.35. The van der Waals surface area contributed by atoms with Gasteiger partial charge < -0.3 is 9.72 Å². The molecule has 6 heteroatoms. The van der Waals surface area contributed by atoms with Gasteiger partial charge in [0.2, 0.25) is 0 Å². The molecule has 2 rings (SSSR count). The molecule has 0 spiro atoms. The molecule has 5 nitrogen and oxygen atoms in total. The predicted molar refractivity (Wildman–Crippen MR) is 51.0 cm³/mol. The minimum absolute atomic E-state index is 0.343. The minimum atomic E-state index is -0.423. The first kappa shape index (κ1) is 8.89. The van der Waals surface area contributed by atoms with Crippen LogP contribution in [0.25, 0.3) is 10.7 Å². The minimum Gasteiger partial charge on any atom is -0.464 e. The Morgan fingerprint density at radius 3 is 3.14 bits per heavy atom. The Kier molecular flexibility index (Phi) is 2.28. The zero-order chi connectivity index (χ0) is 9.97. The van der Waals surface area contributed by atoms with Gasteiger partial charge in [-0.3, -0.25) is 0 Å². The summed E-state index contributed by atoms with van der Waals surface area (Å²) in [7, 11) is 1.33. The van der Waals surface area contributed by atoms with E-state index >= 15 is 0 Å².